The van der Waals surface area contributed by atoms with Gasteiger partial charge in [0.25, 0.3) is 0 Å². The zero-order valence-electron chi connectivity index (χ0n) is 11.2. The predicted octanol–water partition coefficient (Wildman–Crippen LogP) is 3.72. The standard InChI is InChI=1S/C15H23NOS/c1-3-18-13-9-8-12(10-13)16-11(2)14-6-4-5-7-15(14)17/h4-7,11-13,16-17H,3,8-10H2,1-2H3. The third-order valence-corrected chi connectivity index (χ3v) is 4.91. The van der Waals surface area contributed by atoms with Gasteiger partial charge in [-0.2, -0.15) is 11.8 Å². The Morgan fingerprint density at radius 3 is 2.89 bits per heavy atom. The molecule has 3 heteroatoms. The zero-order chi connectivity index (χ0) is 13.0. The summed E-state index contributed by atoms with van der Waals surface area (Å²) in [5, 5.41) is 14.3. The van der Waals surface area contributed by atoms with Gasteiger partial charge in [-0.05, 0) is 38.0 Å². The largest absolute Gasteiger partial charge is 0.508 e. The molecule has 2 N–H and O–H groups in total. The number of hydrogen-bond donors (Lipinski definition) is 2. The van der Waals surface area contributed by atoms with Gasteiger partial charge in [-0.3, -0.25) is 0 Å². The van der Waals surface area contributed by atoms with E-state index < -0.39 is 0 Å². The molecule has 0 bridgehead atoms. The van der Waals surface area contributed by atoms with Crippen LogP contribution >= 0.6 is 11.8 Å². The van der Waals surface area contributed by atoms with E-state index in [1.807, 2.05) is 18.2 Å². The number of para-hydroxylation sites is 1. The lowest BCUT2D eigenvalue weighted by Gasteiger charge is -2.20. The van der Waals surface area contributed by atoms with Crippen molar-refractivity contribution in [3.8, 4) is 5.75 Å². The molecule has 0 aromatic heterocycles. The highest BCUT2D eigenvalue weighted by molar-refractivity contribution is 7.99. The van der Waals surface area contributed by atoms with E-state index in [1.165, 1.54) is 25.0 Å². The minimum atomic E-state index is 0.224. The lowest BCUT2D eigenvalue weighted by molar-refractivity contribution is 0.427. The number of hydrogen-bond acceptors (Lipinski definition) is 3. The summed E-state index contributed by atoms with van der Waals surface area (Å²) in [7, 11) is 0. The number of benzene rings is 1. The summed E-state index contributed by atoms with van der Waals surface area (Å²) in [6.45, 7) is 4.37. The van der Waals surface area contributed by atoms with Gasteiger partial charge in [0.15, 0.2) is 0 Å². The van der Waals surface area contributed by atoms with Crippen LogP contribution in [0.3, 0.4) is 0 Å². The Labute approximate surface area is 114 Å². The fourth-order valence-corrected chi connectivity index (χ4v) is 3.92. The maximum absolute atomic E-state index is 9.85. The quantitative estimate of drug-likeness (QED) is 0.851. The van der Waals surface area contributed by atoms with E-state index in [-0.39, 0.29) is 6.04 Å². The van der Waals surface area contributed by atoms with Gasteiger partial charge < -0.3 is 10.4 Å². The third kappa shape index (κ3) is 3.42. The van der Waals surface area contributed by atoms with Crippen molar-refractivity contribution in [1.82, 2.24) is 5.32 Å². The summed E-state index contributed by atoms with van der Waals surface area (Å²) in [6, 6.07) is 8.44. The fraction of sp³-hybridized carbons (Fsp3) is 0.600. The van der Waals surface area contributed by atoms with Gasteiger partial charge in [0.05, 0.1) is 0 Å². The van der Waals surface area contributed by atoms with Crippen molar-refractivity contribution in [3.05, 3.63) is 29.8 Å². The van der Waals surface area contributed by atoms with Gasteiger partial charge in [0.2, 0.25) is 0 Å². The second-order valence-electron chi connectivity index (χ2n) is 5.03. The summed E-state index contributed by atoms with van der Waals surface area (Å²) < 4.78 is 0. The van der Waals surface area contributed by atoms with Crippen molar-refractivity contribution < 1.29 is 5.11 Å². The highest BCUT2D eigenvalue weighted by Gasteiger charge is 2.26. The monoisotopic (exact) mass is 265 g/mol. The first-order valence-corrected chi connectivity index (χ1v) is 7.91. The first kappa shape index (κ1) is 13.8. The van der Waals surface area contributed by atoms with Crippen LogP contribution in [-0.4, -0.2) is 22.2 Å². The maximum atomic E-state index is 9.85. The molecule has 1 aliphatic rings. The summed E-state index contributed by atoms with van der Waals surface area (Å²) in [6.07, 6.45) is 3.84. The van der Waals surface area contributed by atoms with E-state index in [0.717, 1.165) is 10.8 Å². The van der Waals surface area contributed by atoms with Gasteiger partial charge in [-0.25, -0.2) is 0 Å². The van der Waals surface area contributed by atoms with Crippen LogP contribution in [0.4, 0.5) is 0 Å². The highest BCUT2D eigenvalue weighted by atomic mass is 32.2. The molecule has 0 spiro atoms. The van der Waals surface area contributed by atoms with Crippen molar-refractivity contribution >= 4 is 11.8 Å². The van der Waals surface area contributed by atoms with Crippen molar-refractivity contribution in [2.45, 2.75) is 50.4 Å². The van der Waals surface area contributed by atoms with Crippen LogP contribution in [0.25, 0.3) is 0 Å². The third-order valence-electron chi connectivity index (χ3n) is 3.68. The number of phenolic OH excluding ortho intramolecular Hbond substituents is 1. The lowest BCUT2D eigenvalue weighted by Crippen LogP contribution is -2.29. The topological polar surface area (TPSA) is 32.3 Å². The highest BCUT2D eigenvalue weighted by Crippen LogP contribution is 2.32. The first-order chi connectivity index (χ1) is 8.70. The van der Waals surface area contributed by atoms with Gasteiger partial charge >= 0.3 is 0 Å². The summed E-state index contributed by atoms with van der Waals surface area (Å²) in [5.74, 6) is 1.61. The van der Waals surface area contributed by atoms with Crippen LogP contribution in [0.1, 0.15) is 44.7 Å². The van der Waals surface area contributed by atoms with Crippen LogP contribution in [0.2, 0.25) is 0 Å². The van der Waals surface area contributed by atoms with E-state index in [4.69, 9.17) is 0 Å². The predicted molar refractivity (Wildman–Crippen MR) is 79.2 cm³/mol. The molecular formula is C15H23NOS. The van der Waals surface area contributed by atoms with E-state index in [2.05, 4.69) is 30.9 Å². The molecule has 0 amide bonds. The Kier molecular flexibility index (Phi) is 4.95. The number of rotatable bonds is 5. The molecule has 1 aromatic carbocycles. The molecule has 1 saturated carbocycles. The van der Waals surface area contributed by atoms with Gasteiger partial charge in [-0.1, -0.05) is 25.1 Å². The molecular weight excluding hydrogens is 242 g/mol. The molecule has 2 nitrogen and oxygen atoms in total. The molecule has 3 unspecified atom stereocenters. The zero-order valence-corrected chi connectivity index (χ0v) is 12.0. The van der Waals surface area contributed by atoms with Gasteiger partial charge in [0, 0.05) is 22.9 Å². The van der Waals surface area contributed by atoms with Gasteiger partial charge in [0.1, 0.15) is 5.75 Å². The lowest BCUT2D eigenvalue weighted by atomic mass is 10.1. The summed E-state index contributed by atoms with van der Waals surface area (Å²) in [4.78, 5) is 0. The second kappa shape index (κ2) is 6.48. The van der Waals surface area contributed by atoms with E-state index in [0.29, 0.717) is 11.8 Å². The molecule has 0 heterocycles. The van der Waals surface area contributed by atoms with Crippen LogP contribution in [0.15, 0.2) is 24.3 Å². The molecule has 0 aliphatic heterocycles. The van der Waals surface area contributed by atoms with E-state index in [9.17, 15) is 5.11 Å². The Balaban J connectivity index is 1.89. The second-order valence-corrected chi connectivity index (χ2v) is 6.61. The number of phenols is 1. The summed E-state index contributed by atoms with van der Waals surface area (Å²) >= 11 is 2.08. The van der Waals surface area contributed by atoms with Crippen LogP contribution in [0.5, 0.6) is 5.75 Å². The van der Waals surface area contributed by atoms with E-state index in [1.54, 1.807) is 6.07 Å². The number of aromatic hydroxyl groups is 1. The van der Waals surface area contributed by atoms with Gasteiger partial charge in [-0.15, -0.1) is 0 Å². The molecule has 0 radical (unpaired) electrons. The molecule has 1 fully saturated rings. The fourth-order valence-electron chi connectivity index (χ4n) is 2.78. The van der Waals surface area contributed by atoms with Crippen LogP contribution in [0, 0.1) is 0 Å². The van der Waals surface area contributed by atoms with Crippen molar-refractivity contribution in [3.63, 3.8) is 0 Å². The SMILES string of the molecule is CCSC1CCC(NC(C)c2ccccc2O)C1. The Hall–Kier alpha value is -0.670. The maximum Gasteiger partial charge on any atom is 0.120 e. The molecule has 3 atom stereocenters. The van der Waals surface area contributed by atoms with Crippen LogP contribution in [-0.2, 0) is 0 Å². The number of nitrogens with one attached hydrogen (secondary N) is 1. The average molecular weight is 265 g/mol. The average Bonchev–Trinajstić information content (AvgIpc) is 2.77. The molecule has 2 rings (SSSR count). The van der Waals surface area contributed by atoms with E-state index >= 15 is 0 Å². The summed E-state index contributed by atoms with van der Waals surface area (Å²) in [5.41, 5.74) is 1.00. The first-order valence-electron chi connectivity index (χ1n) is 6.86. The minimum Gasteiger partial charge on any atom is -0.508 e. The molecule has 1 aromatic rings. The molecule has 18 heavy (non-hydrogen) atoms. The smallest absolute Gasteiger partial charge is 0.120 e. The Morgan fingerprint density at radius 2 is 2.17 bits per heavy atom. The normalized spacial score (nSPS) is 25.2. The van der Waals surface area contributed by atoms with Crippen molar-refractivity contribution in [2.75, 3.05) is 5.75 Å². The Bertz CT molecular complexity index is 383. The number of thioether (sulfide) groups is 1. The van der Waals surface area contributed by atoms with Crippen molar-refractivity contribution in [2.24, 2.45) is 0 Å². The molecule has 1 aliphatic carbocycles. The minimum absolute atomic E-state index is 0.224. The molecule has 100 valence electrons. The molecule has 0 saturated heterocycles. The van der Waals surface area contributed by atoms with Crippen molar-refractivity contribution in [1.29, 1.82) is 0 Å². The van der Waals surface area contributed by atoms with Crippen LogP contribution < -0.4 is 5.32 Å². The Morgan fingerprint density at radius 1 is 1.39 bits per heavy atom.